The lowest BCUT2D eigenvalue weighted by Gasteiger charge is -2.15. The molecule has 2 N–H and O–H groups in total. The van der Waals surface area contributed by atoms with E-state index >= 15 is 0 Å². The highest BCUT2D eigenvalue weighted by Gasteiger charge is 2.10. The van der Waals surface area contributed by atoms with Crippen molar-refractivity contribution >= 4 is 26.0 Å². The highest BCUT2D eigenvalue weighted by molar-refractivity contribution is 9.10. The van der Waals surface area contributed by atoms with Gasteiger partial charge in [0.25, 0.3) is 0 Å². The predicted octanol–water partition coefficient (Wildman–Crippen LogP) is 1.79. The summed E-state index contributed by atoms with van der Waals surface area (Å²) in [5.41, 5.74) is 0.553. The molecule has 0 radical (unpaired) electrons. The Hall–Kier alpha value is -0.500. The minimum atomic E-state index is -3.17. The molecule has 1 unspecified atom stereocenters. The van der Waals surface area contributed by atoms with Gasteiger partial charge < -0.3 is 5.32 Å². The zero-order chi connectivity index (χ0) is 13.8. The molecule has 1 aromatic rings. The number of benzene rings is 1. The predicted molar refractivity (Wildman–Crippen MR) is 73.4 cm³/mol. The van der Waals surface area contributed by atoms with E-state index < -0.39 is 10.0 Å². The Morgan fingerprint density at radius 3 is 2.61 bits per heavy atom. The lowest BCUT2D eigenvalue weighted by atomic mass is 10.1. The topological polar surface area (TPSA) is 58.2 Å². The smallest absolute Gasteiger partial charge is 0.208 e. The fourth-order valence-corrected chi connectivity index (χ4v) is 2.29. The summed E-state index contributed by atoms with van der Waals surface area (Å²) in [7, 11) is -3.17. The number of hydrogen-bond acceptors (Lipinski definition) is 3. The number of rotatable bonds is 6. The lowest BCUT2D eigenvalue weighted by molar-refractivity contribution is 0.525. The van der Waals surface area contributed by atoms with Crippen LogP contribution in [0, 0.1) is 5.82 Å². The second-order valence-corrected chi connectivity index (χ2v) is 6.76. The third-order valence-electron chi connectivity index (χ3n) is 2.37. The van der Waals surface area contributed by atoms with Crippen LogP contribution in [0.2, 0.25) is 0 Å². The molecule has 0 aromatic heterocycles. The van der Waals surface area contributed by atoms with Crippen LogP contribution in [0.15, 0.2) is 22.7 Å². The molecule has 1 atom stereocenters. The molecule has 0 amide bonds. The minimum absolute atomic E-state index is 0.181. The van der Waals surface area contributed by atoms with Crippen LogP contribution < -0.4 is 10.0 Å². The molecule has 1 aromatic carbocycles. The van der Waals surface area contributed by atoms with Crippen molar-refractivity contribution in [3.8, 4) is 0 Å². The summed E-state index contributed by atoms with van der Waals surface area (Å²) in [6, 6.07) is 4.69. The maximum atomic E-state index is 13.6. The van der Waals surface area contributed by atoms with Crippen LogP contribution in [0.25, 0.3) is 0 Å². The van der Waals surface area contributed by atoms with E-state index in [-0.39, 0.29) is 18.4 Å². The molecule has 4 nitrogen and oxygen atoms in total. The van der Waals surface area contributed by atoms with Crippen molar-refractivity contribution in [1.29, 1.82) is 0 Å². The Kier molecular flexibility index (Phi) is 5.71. The van der Waals surface area contributed by atoms with Crippen LogP contribution >= 0.6 is 15.9 Å². The van der Waals surface area contributed by atoms with Gasteiger partial charge in [-0.15, -0.1) is 0 Å². The van der Waals surface area contributed by atoms with Crippen molar-refractivity contribution in [2.24, 2.45) is 0 Å². The van der Waals surface area contributed by atoms with E-state index in [2.05, 4.69) is 26.0 Å². The van der Waals surface area contributed by atoms with E-state index in [0.29, 0.717) is 16.6 Å². The van der Waals surface area contributed by atoms with Crippen molar-refractivity contribution in [2.75, 3.05) is 19.3 Å². The van der Waals surface area contributed by atoms with Gasteiger partial charge in [0.05, 0.1) is 6.26 Å². The van der Waals surface area contributed by atoms with Crippen LogP contribution in [0.5, 0.6) is 0 Å². The first-order valence-corrected chi connectivity index (χ1v) is 8.11. The van der Waals surface area contributed by atoms with Gasteiger partial charge in [0.2, 0.25) is 10.0 Å². The van der Waals surface area contributed by atoms with Crippen molar-refractivity contribution < 1.29 is 12.8 Å². The van der Waals surface area contributed by atoms with Gasteiger partial charge in [-0.1, -0.05) is 22.0 Å². The quantitative estimate of drug-likeness (QED) is 0.777. The average molecular weight is 339 g/mol. The van der Waals surface area contributed by atoms with E-state index in [1.807, 2.05) is 6.92 Å². The van der Waals surface area contributed by atoms with E-state index in [1.165, 1.54) is 6.07 Å². The highest BCUT2D eigenvalue weighted by atomic mass is 79.9. The van der Waals surface area contributed by atoms with Crippen molar-refractivity contribution in [1.82, 2.24) is 10.0 Å². The number of hydrogen-bond donors (Lipinski definition) is 2. The fourth-order valence-electron chi connectivity index (χ4n) is 1.49. The zero-order valence-corrected chi connectivity index (χ0v) is 12.6. The van der Waals surface area contributed by atoms with Gasteiger partial charge in [-0.25, -0.2) is 17.5 Å². The third-order valence-corrected chi connectivity index (χ3v) is 3.59. The molecule has 0 saturated carbocycles. The first-order chi connectivity index (χ1) is 8.29. The number of nitrogens with one attached hydrogen (secondary N) is 2. The Balaban J connectivity index is 2.48. The SMILES string of the molecule is CC(NCCNS(C)(=O)=O)c1ccc(Br)cc1F. The van der Waals surface area contributed by atoms with Gasteiger partial charge >= 0.3 is 0 Å². The molecule has 0 aliphatic carbocycles. The molecule has 1 rings (SSSR count). The summed E-state index contributed by atoms with van der Waals surface area (Å²) in [6.45, 7) is 2.54. The summed E-state index contributed by atoms with van der Waals surface area (Å²) in [5.74, 6) is -0.291. The molecule has 0 fully saturated rings. The molecular weight excluding hydrogens is 323 g/mol. The molecular formula is C11H16BrFN2O2S. The monoisotopic (exact) mass is 338 g/mol. The van der Waals surface area contributed by atoms with Crippen LogP contribution in [0.3, 0.4) is 0 Å². The molecule has 102 valence electrons. The van der Waals surface area contributed by atoms with Gasteiger partial charge in [-0.3, -0.25) is 0 Å². The van der Waals surface area contributed by atoms with Gasteiger partial charge in [0.15, 0.2) is 0 Å². The first-order valence-electron chi connectivity index (χ1n) is 5.42. The van der Waals surface area contributed by atoms with Crippen LogP contribution in [-0.2, 0) is 10.0 Å². The van der Waals surface area contributed by atoms with Gasteiger partial charge in [0, 0.05) is 29.2 Å². The first kappa shape index (κ1) is 15.6. The van der Waals surface area contributed by atoms with Crippen LogP contribution in [-0.4, -0.2) is 27.8 Å². The van der Waals surface area contributed by atoms with Crippen LogP contribution in [0.4, 0.5) is 4.39 Å². The van der Waals surface area contributed by atoms with Gasteiger partial charge in [-0.05, 0) is 19.1 Å². The van der Waals surface area contributed by atoms with Gasteiger partial charge in [0.1, 0.15) is 5.82 Å². The Morgan fingerprint density at radius 1 is 1.39 bits per heavy atom. The zero-order valence-electron chi connectivity index (χ0n) is 10.2. The third kappa shape index (κ3) is 5.43. The summed E-state index contributed by atoms with van der Waals surface area (Å²) >= 11 is 3.19. The fraction of sp³-hybridized carbons (Fsp3) is 0.455. The molecule has 0 spiro atoms. The second kappa shape index (κ2) is 6.60. The van der Waals surface area contributed by atoms with E-state index in [1.54, 1.807) is 12.1 Å². The van der Waals surface area contributed by atoms with Crippen LogP contribution in [0.1, 0.15) is 18.5 Å². The van der Waals surface area contributed by atoms with Crippen molar-refractivity contribution in [3.05, 3.63) is 34.1 Å². The summed E-state index contributed by atoms with van der Waals surface area (Å²) in [6.07, 6.45) is 1.10. The largest absolute Gasteiger partial charge is 0.309 e. The summed E-state index contributed by atoms with van der Waals surface area (Å²) < 4.78 is 38.3. The summed E-state index contributed by atoms with van der Waals surface area (Å²) in [5, 5.41) is 3.05. The molecule has 18 heavy (non-hydrogen) atoms. The van der Waals surface area contributed by atoms with E-state index in [0.717, 1.165) is 6.26 Å². The van der Waals surface area contributed by atoms with Gasteiger partial charge in [-0.2, -0.15) is 0 Å². The molecule has 0 aliphatic rings. The minimum Gasteiger partial charge on any atom is -0.309 e. The van der Waals surface area contributed by atoms with Crippen molar-refractivity contribution in [3.63, 3.8) is 0 Å². The number of halogens is 2. The lowest BCUT2D eigenvalue weighted by Crippen LogP contribution is -2.32. The Morgan fingerprint density at radius 2 is 2.06 bits per heavy atom. The molecule has 0 aliphatic heterocycles. The van der Waals surface area contributed by atoms with E-state index in [4.69, 9.17) is 0 Å². The standard InChI is InChI=1S/C11H16BrFN2O2S/c1-8(14-5-6-15-18(2,16)17)10-4-3-9(12)7-11(10)13/h3-4,7-8,14-15H,5-6H2,1-2H3. The number of sulfonamides is 1. The maximum absolute atomic E-state index is 13.6. The molecule has 0 heterocycles. The Bertz CT molecular complexity index is 508. The molecule has 0 saturated heterocycles. The molecule has 0 bridgehead atoms. The molecule has 7 heteroatoms. The Labute approximate surface area is 115 Å². The normalized spacial score (nSPS) is 13.6. The average Bonchev–Trinajstić information content (AvgIpc) is 2.22. The maximum Gasteiger partial charge on any atom is 0.208 e. The van der Waals surface area contributed by atoms with E-state index in [9.17, 15) is 12.8 Å². The van der Waals surface area contributed by atoms with Crippen molar-refractivity contribution in [2.45, 2.75) is 13.0 Å². The second-order valence-electron chi connectivity index (χ2n) is 4.01. The highest BCUT2D eigenvalue weighted by Crippen LogP contribution is 2.20. The summed E-state index contributed by atoms with van der Waals surface area (Å²) in [4.78, 5) is 0.